The molecule has 3 aliphatic heterocycles. The quantitative estimate of drug-likeness (QED) is 0.482. The zero-order chi connectivity index (χ0) is 29.2. The minimum Gasteiger partial charge on any atom is -0.493 e. The second-order valence-electron chi connectivity index (χ2n) is 10.5. The number of hydrogen-bond donors (Lipinski definition) is 1. The van der Waals surface area contributed by atoms with Crippen molar-refractivity contribution in [2.24, 2.45) is 5.92 Å². The minimum absolute atomic E-state index is 0.0437. The summed E-state index contributed by atoms with van der Waals surface area (Å²) < 4.78 is 24.5. The van der Waals surface area contributed by atoms with Crippen molar-refractivity contribution in [3.63, 3.8) is 0 Å². The number of carbonyl (C=O) groups is 3. The average molecular weight is 577 g/mol. The van der Waals surface area contributed by atoms with E-state index in [1.807, 2.05) is 0 Å². The van der Waals surface area contributed by atoms with E-state index >= 15 is 0 Å². The van der Waals surface area contributed by atoms with Crippen LogP contribution < -0.4 is 24.3 Å². The van der Waals surface area contributed by atoms with Crippen molar-refractivity contribution in [2.45, 2.75) is 19.1 Å². The second kappa shape index (κ2) is 11.6. The third-order valence-electron chi connectivity index (χ3n) is 7.74. The molecule has 13 nitrogen and oxygen atoms in total. The lowest BCUT2D eigenvalue weighted by Crippen LogP contribution is -2.37. The first-order chi connectivity index (χ1) is 20.4. The van der Waals surface area contributed by atoms with Gasteiger partial charge in [0.1, 0.15) is 25.5 Å². The molecule has 1 aromatic heterocycles. The van der Waals surface area contributed by atoms with Gasteiger partial charge in [0.2, 0.25) is 5.91 Å². The van der Waals surface area contributed by atoms with E-state index in [0.29, 0.717) is 72.7 Å². The fourth-order valence-corrected chi connectivity index (χ4v) is 5.54. The normalized spacial score (nSPS) is 20.7. The fraction of sp³-hybridized carbons (Fsp3) is 0.414. The third kappa shape index (κ3) is 5.41. The number of carbonyl (C=O) groups excluding carboxylic acids is 3. The molecule has 220 valence electrons. The summed E-state index contributed by atoms with van der Waals surface area (Å²) in [5.41, 5.74) is 1.35. The molecule has 2 atom stereocenters. The molecule has 0 saturated carbocycles. The van der Waals surface area contributed by atoms with Crippen molar-refractivity contribution < 1.29 is 33.3 Å². The Morgan fingerprint density at radius 2 is 1.90 bits per heavy atom. The highest BCUT2D eigenvalue weighted by Gasteiger charge is 2.39. The van der Waals surface area contributed by atoms with Gasteiger partial charge in [0.25, 0.3) is 11.8 Å². The highest BCUT2D eigenvalue weighted by Crippen LogP contribution is 2.35. The molecule has 2 bridgehead atoms. The van der Waals surface area contributed by atoms with Crippen LogP contribution in [0.5, 0.6) is 23.0 Å². The van der Waals surface area contributed by atoms with Crippen molar-refractivity contribution >= 4 is 17.7 Å². The van der Waals surface area contributed by atoms with E-state index in [2.05, 4.69) is 15.6 Å². The second-order valence-corrected chi connectivity index (χ2v) is 10.5. The first-order valence-electron chi connectivity index (χ1n) is 13.8. The number of likely N-dealkylation sites (N-methyl/N-ethyl adjacent to an activating group) is 1. The minimum atomic E-state index is -0.280. The van der Waals surface area contributed by atoms with E-state index in [1.165, 1.54) is 12.0 Å². The van der Waals surface area contributed by atoms with Gasteiger partial charge in [-0.3, -0.25) is 14.4 Å². The molecule has 0 radical (unpaired) electrons. The SMILES string of the molecule is COc1cccc2c1OCc1cn(nn1)[C@@H]1CN(C(=O)c3ccc4c(c3)OCCO4)C[C@@H]1CC(=O)NCCN(C)C2=O. The largest absolute Gasteiger partial charge is 0.493 e. The number of aromatic nitrogens is 3. The Hall–Kier alpha value is -4.81. The molecular formula is C29H32N6O7. The molecule has 0 aliphatic carbocycles. The molecule has 3 aromatic rings. The lowest BCUT2D eigenvalue weighted by molar-refractivity contribution is -0.122. The smallest absolute Gasteiger partial charge is 0.257 e. The summed E-state index contributed by atoms with van der Waals surface area (Å²) in [4.78, 5) is 43.1. The van der Waals surface area contributed by atoms with Gasteiger partial charge in [-0.25, -0.2) is 4.68 Å². The first-order valence-corrected chi connectivity index (χ1v) is 13.8. The average Bonchev–Trinajstić information content (AvgIpc) is 3.65. The Balaban J connectivity index is 1.27. The Morgan fingerprint density at radius 3 is 2.74 bits per heavy atom. The Labute approximate surface area is 242 Å². The number of ether oxygens (including phenoxy) is 4. The molecule has 1 saturated heterocycles. The standard InChI is InChI=1S/C29H32N6O7/c1-33-9-8-30-26(36)13-19-14-34(28(37)18-6-7-23-25(12-18)41-11-10-40-23)16-22(19)35-15-20(31-32-35)17-42-27-21(29(33)38)4-3-5-24(27)39-2/h3-7,12,15,19,22H,8-11,13-14,16-17H2,1-2H3,(H,30,36)/t19-,22+/m0/s1. The molecule has 1 N–H and O–H groups in total. The lowest BCUT2D eigenvalue weighted by Gasteiger charge is -2.21. The third-order valence-corrected chi connectivity index (χ3v) is 7.74. The number of amides is 3. The number of hydrogen-bond acceptors (Lipinski definition) is 9. The van der Waals surface area contributed by atoms with Crippen LogP contribution in [0.3, 0.4) is 0 Å². The Morgan fingerprint density at radius 1 is 1.07 bits per heavy atom. The van der Waals surface area contributed by atoms with Gasteiger partial charge in [0, 0.05) is 51.1 Å². The van der Waals surface area contributed by atoms with Crippen LogP contribution in [0.25, 0.3) is 0 Å². The predicted octanol–water partition coefficient (Wildman–Crippen LogP) is 1.54. The fourth-order valence-electron chi connectivity index (χ4n) is 5.54. The summed E-state index contributed by atoms with van der Waals surface area (Å²) in [6.07, 6.45) is 1.93. The topological polar surface area (TPSA) is 137 Å². The lowest BCUT2D eigenvalue weighted by atomic mass is 9.99. The summed E-state index contributed by atoms with van der Waals surface area (Å²) in [5.74, 6) is 1.06. The number of benzene rings is 2. The molecule has 4 heterocycles. The molecule has 3 aliphatic rings. The molecule has 2 aromatic carbocycles. The molecule has 42 heavy (non-hydrogen) atoms. The van der Waals surface area contributed by atoms with Gasteiger partial charge in [0.15, 0.2) is 23.0 Å². The van der Waals surface area contributed by atoms with Crippen LogP contribution in [0.15, 0.2) is 42.6 Å². The Kier molecular flexibility index (Phi) is 7.55. The zero-order valence-electron chi connectivity index (χ0n) is 23.4. The van der Waals surface area contributed by atoms with Crippen LogP contribution >= 0.6 is 0 Å². The van der Waals surface area contributed by atoms with Gasteiger partial charge in [-0.05, 0) is 30.3 Å². The van der Waals surface area contributed by atoms with E-state index in [9.17, 15) is 14.4 Å². The van der Waals surface area contributed by atoms with Gasteiger partial charge in [-0.2, -0.15) is 0 Å². The molecule has 3 amide bonds. The van der Waals surface area contributed by atoms with E-state index in [-0.39, 0.29) is 49.3 Å². The molecular weight excluding hydrogens is 544 g/mol. The number of nitrogens with zero attached hydrogens (tertiary/aromatic N) is 5. The molecule has 0 spiro atoms. The number of rotatable bonds is 2. The highest BCUT2D eigenvalue weighted by atomic mass is 16.6. The first kappa shape index (κ1) is 27.4. The Bertz CT molecular complexity index is 1510. The summed E-state index contributed by atoms with van der Waals surface area (Å²) in [6, 6.07) is 10.00. The van der Waals surface area contributed by atoms with Gasteiger partial charge in [0.05, 0.1) is 24.9 Å². The zero-order valence-corrected chi connectivity index (χ0v) is 23.4. The van der Waals surface area contributed by atoms with E-state index in [4.69, 9.17) is 18.9 Å². The molecule has 6 rings (SSSR count). The number of fused-ring (bicyclic) bond motifs is 6. The highest BCUT2D eigenvalue weighted by molar-refractivity contribution is 5.98. The summed E-state index contributed by atoms with van der Waals surface area (Å²) in [6.45, 7) is 2.21. The molecule has 1 fully saturated rings. The predicted molar refractivity (Wildman–Crippen MR) is 148 cm³/mol. The van der Waals surface area contributed by atoms with E-state index in [1.54, 1.807) is 59.2 Å². The van der Waals surface area contributed by atoms with Crippen LogP contribution in [-0.2, 0) is 11.4 Å². The van der Waals surface area contributed by atoms with Gasteiger partial charge >= 0.3 is 0 Å². The monoisotopic (exact) mass is 576 g/mol. The van der Waals surface area contributed by atoms with Crippen LogP contribution in [0.4, 0.5) is 0 Å². The van der Waals surface area contributed by atoms with Crippen molar-refractivity contribution in [3.8, 4) is 23.0 Å². The van der Waals surface area contributed by atoms with Crippen molar-refractivity contribution in [2.75, 3.05) is 53.6 Å². The maximum Gasteiger partial charge on any atom is 0.257 e. The van der Waals surface area contributed by atoms with Crippen LogP contribution in [0.2, 0.25) is 0 Å². The van der Waals surface area contributed by atoms with E-state index in [0.717, 1.165) is 0 Å². The maximum atomic E-state index is 13.6. The molecule has 13 heteroatoms. The van der Waals surface area contributed by atoms with Crippen molar-refractivity contribution in [1.82, 2.24) is 30.1 Å². The van der Waals surface area contributed by atoms with Crippen LogP contribution in [0, 0.1) is 5.92 Å². The summed E-state index contributed by atoms with van der Waals surface area (Å²) in [7, 11) is 3.18. The maximum absolute atomic E-state index is 13.6. The number of likely N-dealkylation sites (tertiary alicyclic amines) is 1. The number of para-hydroxylation sites is 1. The van der Waals surface area contributed by atoms with Crippen molar-refractivity contribution in [1.29, 1.82) is 0 Å². The van der Waals surface area contributed by atoms with E-state index < -0.39 is 0 Å². The van der Waals surface area contributed by atoms with Gasteiger partial charge < -0.3 is 34.1 Å². The number of nitrogens with one attached hydrogen (secondary N) is 1. The van der Waals surface area contributed by atoms with Crippen LogP contribution in [-0.4, -0.2) is 96.1 Å². The summed E-state index contributed by atoms with van der Waals surface area (Å²) in [5, 5.41) is 11.5. The van der Waals surface area contributed by atoms with Crippen LogP contribution in [0.1, 0.15) is 38.9 Å². The van der Waals surface area contributed by atoms with Crippen molar-refractivity contribution in [3.05, 3.63) is 59.4 Å². The summed E-state index contributed by atoms with van der Waals surface area (Å²) >= 11 is 0. The van der Waals surface area contributed by atoms with Gasteiger partial charge in [-0.15, -0.1) is 5.10 Å². The number of methoxy groups -OCH3 is 1. The molecule has 0 unspecified atom stereocenters. The van der Waals surface area contributed by atoms with Gasteiger partial charge in [-0.1, -0.05) is 11.3 Å².